The number of hydrogen-bond acceptors (Lipinski definition) is 4. The van der Waals surface area contributed by atoms with Gasteiger partial charge in [0.1, 0.15) is 5.82 Å². The van der Waals surface area contributed by atoms with Crippen molar-refractivity contribution in [2.45, 2.75) is 32.3 Å². The third-order valence-electron chi connectivity index (χ3n) is 3.19. The summed E-state index contributed by atoms with van der Waals surface area (Å²) >= 11 is 0. The number of hydrogen-bond donors (Lipinski definition) is 2. The van der Waals surface area contributed by atoms with Crippen molar-refractivity contribution in [1.82, 2.24) is 9.55 Å². The lowest BCUT2D eigenvalue weighted by Crippen LogP contribution is -2.14. The second-order valence-corrected chi connectivity index (χ2v) is 6.17. The molecule has 2 aromatic rings. The smallest absolute Gasteiger partial charge is 0.280 e. The summed E-state index contributed by atoms with van der Waals surface area (Å²) < 4.78 is 28.9. The van der Waals surface area contributed by atoms with E-state index in [1.165, 1.54) is 6.20 Å². The van der Waals surface area contributed by atoms with Gasteiger partial charge in [-0.2, -0.15) is 8.42 Å². The highest BCUT2D eigenvalue weighted by Gasteiger charge is 2.20. The summed E-state index contributed by atoms with van der Waals surface area (Å²) in [5, 5.41) is 0.0127. The highest BCUT2D eigenvalue weighted by Crippen LogP contribution is 2.23. The largest absolute Gasteiger partial charge is 0.398 e. The topological polar surface area (TPSA) is 90.0 Å². The molecule has 2 rings (SSSR count). The second-order valence-electron chi connectivity index (χ2n) is 4.54. The second kappa shape index (κ2) is 5.16. The van der Waals surface area contributed by atoms with Crippen molar-refractivity contribution in [2.75, 3.05) is 10.5 Å². The Morgan fingerprint density at radius 1 is 1.35 bits per heavy atom. The molecule has 108 valence electrons. The summed E-state index contributed by atoms with van der Waals surface area (Å²) in [6, 6.07) is 5.10. The van der Waals surface area contributed by atoms with Crippen LogP contribution in [0.3, 0.4) is 0 Å². The monoisotopic (exact) mass is 294 g/mol. The first kappa shape index (κ1) is 14.4. The van der Waals surface area contributed by atoms with Crippen molar-refractivity contribution < 1.29 is 8.42 Å². The number of aromatic nitrogens is 2. The van der Waals surface area contributed by atoms with Crippen LogP contribution in [0, 0.1) is 13.8 Å². The number of nitrogen functional groups attached to an aromatic ring is 1. The van der Waals surface area contributed by atoms with Crippen LogP contribution in [0.15, 0.2) is 29.4 Å². The lowest BCUT2D eigenvalue weighted by molar-refractivity contribution is 0.598. The Bertz CT molecular complexity index is 735. The van der Waals surface area contributed by atoms with Gasteiger partial charge in [-0.1, -0.05) is 6.07 Å². The van der Waals surface area contributed by atoms with Gasteiger partial charge in [0.25, 0.3) is 10.0 Å². The minimum atomic E-state index is -3.70. The van der Waals surface area contributed by atoms with E-state index < -0.39 is 10.0 Å². The zero-order chi connectivity index (χ0) is 14.9. The summed E-state index contributed by atoms with van der Waals surface area (Å²) in [5.41, 5.74) is 7.48. The first-order valence-corrected chi connectivity index (χ1v) is 7.75. The van der Waals surface area contributed by atoms with Gasteiger partial charge in [0, 0.05) is 18.4 Å². The first-order chi connectivity index (χ1) is 9.35. The van der Waals surface area contributed by atoms with E-state index in [0.29, 0.717) is 29.3 Å². The van der Waals surface area contributed by atoms with Crippen molar-refractivity contribution in [1.29, 1.82) is 0 Å². The molecule has 0 bridgehead atoms. The van der Waals surface area contributed by atoms with E-state index in [4.69, 9.17) is 5.73 Å². The molecule has 0 saturated carbocycles. The lowest BCUT2D eigenvalue weighted by Gasteiger charge is -2.10. The maximum atomic E-state index is 12.3. The Morgan fingerprint density at radius 2 is 2.05 bits per heavy atom. The Balaban J connectivity index is 2.38. The van der Waals surface area contributed by atoms with Gasteiger partial charge in [0.05, 0.1) is 5.69 Å². The summed E-state index contributed by atoms with van der Waals surface area (Å²) in [6.07, 6.45) is 1.53. The van der Waals surface area contributed by atoms with E-state index in [0.717, 1.165) is 0 Å². The summed E-state index contributed by atoms with van der Waals surface area (Å²) in [4.78, 5) is 4.08. The first-order valence-electron chi connectivity index (χ1n) is 6.27. The average molecular weight is 294 g/mol. The highest BCUT2D eigenvalue weighted by molar-refractivity contribution is 7.92. The van der Waals surface area contributed by atoms with Crippen molar-refractivity contribution >= 4 is 21.4 Å². The van der Waals surface area contributed by atoms with Gasteiger partial charge in [-0.15, -0.1) is 0 Å². The SMILES string of the molecule is CCn1cc(S(=O)(=O)Nc2cccc(N)c2C)nc1C. The zero-order valence-corrected chi connectivity index (χ0v) is 12.5. The zero-order valence-electron chi connectivity index (χ0n) is 11.7. The van der Waals surface area contributed by atoms with Gasteiger partial charge in [0.15, 0.2) is 5.03 Å². The molecule has 3 N–H and O–H groups in total. The number of nitrogens with two attached hydrogens (primary N) is 1. The van der Waals surface area contributed by atoms with Crippen molar-refractivity contribution in [3.05, 3.63) is 35.8 Å². The van der Waals surface area contributed by atoms with Crippen LogP contribution in [0.25, 0.3) is 0 Å². The number of nitrogens with one attached hydrogen (secondary N) is 1. The molecule has 0 aliphatic heterocycles. The van der Waals surface area contributed by atoms with Gasteiger partial charge in [-0.05, 0) is 38.5 Å². The Kier molecular flexibility index (Phi) is 3.71. The van der Waals surface area contributed by atoms with E-state index in [1.807, 2.05) is 6.92 Å². The molecule has 0 spiro atoms. The molecule has 1 aromatic carbocycles. The molecule has 0 radical (unpaired) electrons. The molecular formula is C13H18N4O2S. The van der Waals surface area contributed by atoms with Gasteiger partial charge in [0.2, 0.25) is 0 Å². The molecule has 0 fully saturated rings. The maximum absolute atomic E-state index is 12.3. The Morgan fingerprint density at radius 3 is 2.65 bits per heavy atom. The van der Waals surface area contributed by atoms with Crippen LogP contribution >= 0.6 is 0 Å². The fraction of sp³-hybridized carbons (Fsp3) is 0.308. The third-order valence-corrected chi connectivity index (χ3v) is 4.43. The Hall–Kier alpha value is -2.02. The minimum Gasteiger partial charge on any atom is -0.398 e. The molecule has 0 aliphatic carbocycles. The summed E-state index contributed by atoms with van der Waals surface area (Å²) in [6.45, 7) is 6.14. The number of sulfonamides is 1. The van der Waals surface area contributed by atoms with E-state index in [-0.39, 0.29) is 5.03 Å². The van der Waals surface area contributed by atoms with Crippen LogP contribution in [0.1, 0.15) is 18.3 Å². The van der Waals surface area contributed by atoms with E-state index >= 15 is 0 Å². The number of anilines is 2. The number of aryl methyl sites for hydroxylation is 2. The van der Waals surface area contributed by atoms with Gasteiger partial charge >= 0.3 is 0 Å². The molecule has 0 aliphatic rings. The quantitative estimate of drug-likeness (QED) is 0.843. The molecule has 0 atom stereocenters. The third kappa shape index (κ3) is 2.62. The average Bonchev–Trinajstić information content (AvgIpc) is 2.77. The fourth-order valence-corrected chi connectivity index (χ4v) is 3.02. The minimum absolute atomic E-state index is 0.0127. The number of imidazole rings is 1. The van der Waals surface area contributed by atoms with Crippen LogP contribution in [-0.4, -0.2) is 18.0 Å². The van der Waals surface area contributed by atoms with Crippen molar-refractivity contribution in [3.8, 4) is 0 Å². The molecule has 20 heavy (non-hydrogen) atoms. The van der Waals surface area contributed by atoms with Crippen LogP contribution < -0.4 is 10.5 Å². The van der Waals surface area contributed by atoms with E-state index in [1.54, 1.807) is 36.6 Å². The normalized spacial score (nSPS) is 11.6. The summed E-state index contributed by atoms with van der Waals surface area (Å²) in [5.74, 6) is 0.664. The van der Waals surface area contributed by atoms with Crippen LogP contribution in [-0.2, 0) is 16.6 Å². The number of rotatable bonds is 4. The maximum Gasteiger partial charge on any atom is 0.280 e. The van der Waals surface area contributed by atoms with Crippen molar-refractivity contribution in [2.24, 2.45) is 0 Å². The van der Waals surface area contributed by atoms with Crippen LogP contribution in [0.2, 0.25) is 0 Å². The van der Waals surface area contributed by atoms with Crippen LogP contribution in [0.4, 0.5) is 11.4 Å². The fourth-order valence-electron chi connectivity index (χ4n) is 1.89. The molecule has 6 nitrogen and oxygen atoms in total. The van der Waals surface area contributed by atoms with Gasteiger partial charge in [-0.3, -0.25) is 4.72 Å². The number of benzene rings is 1. The molecule has 0 amide bonds. The predicted molar refractivity (Wildman–Crippen MR) is 79.0 cm³/mol. The molecule has 1 heterocycles. The predicted octanol–water partition coefficient (Wildman–Crippen LogP) is 1.90. The molecule has 0 saturated heterocycles. The Labute approximate surface area is 118 Å². The number of nitrogens with zero attached hydrogens (tertiary/aromatic N) is 2. The van der Waals surface area contributed by atoms with Crippen molar-refractivity contribution in [3.63, 3.8) is 0 Å². The molecule has 7 heteroatoms. The standard InChI is InChI=1S/C13H18N4O2S/c1-4-17-8-13(15-10(17)3)20(18,19)16-12-7-5-6-11(14)9(12)2/h5-8,16H,4,14H2,1-3H3. The summed E-state index contributed by atoms with van der Waals surface area (Å²) in [7, 11) is -3.70. The highest BCUT2D eigenvalue weighted by atomic mass is 32.2. The van der Waals surface area contributed by atoms with Crippen LogP contribution in [0.5, 0.6) is 0 Å². The molecule has 0 unspecified atom stereocenters. The van der Waals surface area contributed by atoms with E-state index in [2.05, 4.69) is 9.71 Å². The molecule has 1 aromatic heterocycles. The lowest BCUT2D eigenvalue weighted by atomic mass is 10.2. The van der Waals surface area contributed by atoms with Gasteiger partial charge in [-0.25, -0.2) is 4.98 Å². The van der Waals surface area contributed by atoms with Gasteiger partial charge < -0.3 is 10.3 Å². The van der Waals surface area contributed by atoms with E-state index in [9.17, 15) is 8.42 Å². The molecular weight excluding hydrogens is 276 g/mol.